The average molecular weight is 661 g/mol. The fourth-order valence-corrected chi connectivity index (χ4v) is 7.32. The van der Waals surface area contributed by atoms with Gasteiger partial charge < -0.3 is 30.1 Å². The van der Waals surface area contributed by atoms with Gasteiger partial charge in [-0.2, -0.15) is 13.2 Å². The van der Waals surface area contributed by atoms with Gasteiger partial charge in [0, 0.05) is 48.4 Å². The van der Waals surface area contributed by atoms with Gasteiger partial charge in [0.25, 0.3) is 0 Å². The highest BCUT2D eigenvalue weighted by Crippen LogP contribution is 2.49. The molecule has 4 heterocycles. The molecule has 2 amide bonds. The van der Waals surface area contributed by atoms with Crippen LogP contribution < -0.4 is 10.6 Å². The van der Waals surface area contributed by atoms with Gasteiger partial charge in [-0.3, -0.25) is 9.69 Å². The van der Waals surface area contributed by atoms with Crippen LogP contribution in [0.2, 0.25) is 0 Å². The molecule has 11 nitrogen and oxygen atoms in total. The first-order chi connectivity index (χ1) is 22.2. The van der Waals surface area contributed by atoms with E-state index in [-0.39, 0.29) is 48.3 Å². The van der Waals surface area contributed by atoms with Crippen molar-refractivity contribution in [2.24, 2.45) is 5.41 Å². The number of benzene rings is 1. The molecule has 3 fully saturated rings. The lowest BCUT2D eigenvalue weighted by molar-refractivity contribution is -0.138. The van der Waals surface area contributed by atoms with Gasteiger partial charge in [0.15, 0.2) is 5.82 Å². The molecule has 4 aliphatic rings. The quantitative estimate of drug-likeness (QED) is 0.389. The third-order valence-electron chi connectivity index (χ3n) is 9.72. The summed E-state index contributed by atoms with van der Waals surface area (Å²) < 4.78 is 50.4. The molecule has 0 bridgehead atoms. The number of hydrogen-bond donors (Lipinski definition) is 3. The molecule has 3 aliphatic heterocycles. The van der Waals surface area contributed by atoms with E-state index in [2.05, 4.69) is 25.7 Å². The normalized spacial score (nSPS) is 21.7. The summed E-state index contributed by atoms with van der Waals surface area (Å²) >= 11 is 0. The lowest BCUT2D eigenvalue weighted by Gasteiger charge is -2.52. The predicted molar refractivity (Wildman–Crippen MR) is 166 cm³/mol. The number of likely N-dealkylation sites (tertiary alicyclic amines) is 2. The summed E-state index contributed by atoms with van der Waals surface area (Å²) in [6.45, 7) is 9.27. The largest absolute Gasteiger partial charge is 0.507 e. The number of nitrogens with one attached hydrogen (secondary N) is 2. The highest BCUT2D eigenvalue weighted by atomic mass is 19.4. The minimum atomic E-state index is -4.57. The first kappa shape index (κ1) is 33.3. The van der Waals surface area contributed by atoms with Crippen molar-refractivity contribution in [1.29, 1.82) is 0 Å². The Labute approximate surface area is 272 Å². The minimum Gasteiger partial charge on any atom is -0.507 e. The molecule has 1 aromatic carbocycles. The van der Waals surface area contributed by atoms with Crippen molar-refractivity contribution in [2.45, 2.75) is 96.4 Å². The number of hydrogen-bond acceptors (Lipinski definition) is 9. The second-order valence-corrected chi connectivity index (χ2v) is 14.4. The number of piperidine rings is 2. The maximum absolute atomic E-state index is 13.3. The summed E-state index contributed by atoms with van der Waals surface area (Å²) in [5, 5.41) is 25.5. The van der Waals surface area contributed by atoms with Crippen molar-refractivity contribution in [3.05, 3.63) is 34.9 Å². The van der Waals surface area contributed by atoms with Crippen LogP contribution in [0.4, 0.5) is 23.8 Å². The van der Waals surface area contributed by atoms with E-state index in [0.29, 0.717) is 36.2 Å². The summed E-state index contributed by atoms with van der Waals surface area (Å²) in [6, 6.07) is 2.96. The summed E-state index contributed by atoms with van der Waals surface area (Å²) in [4.78, 5) is 29.5. The molecule has 1 atom stereocenters. The number of fused-ring (bicyclic) bond motifs is 1. The summed E-state index contributed by atoms with van der Waals surface area (Å²) in [6.07, 6.45) is 0.537. The fraction of sp³-hybridized carbons (Fsp3) is 0.636. The monoisotopic (exact) mass is 660 g/mol. The van der Waals surface area contributed by atoms with E-state index in [0.717, 1.165) is 69.8 Å². The molecule has 1 aliphatic carbocycles. The van der Waals surface area contributed by atoms with Crippen LogP contribution in [0.3, 0.4) is 0 Å². The number of phenolic OH excluding ortho intramolecular Hbond substituents is 1. The molecule has 14 heteroatoms. The zero-order valence-corrected chi connectivity index (χ0v) is 27.1. The van der Waals surface area contributed by atoms with Crippen LogP contribution >= 0.6 is 0 Å². The Bertz CT molecular complexity index is 1500. The van der Waals surface area contributed by atoms with Gasteiger partial charge in [0.1, 0.15) is 17.0 Å². The number of rotatable bonds is 6. The van der Waals surface area contributed by atoms with Crippen molar-refractivity contribution in [1.82, 2.24) is 25.3 Å². The number of carbonyl (C=O) groups is 2. The number of anilines is 1. The van der Waals surface area contributed by atoms with Crippen molar-refractivity contribution < 1.29 is 37.3 Å². The van der Waals surface area contributed by atoms with Crippen LogP contribution in [0.15, 0.2) is 18.2 Å². The van der Waals surface area contributed by atoms with Crippen LogP contribution in [0.25, 0.3) is 11.3 Å². The van der Waals surface area contributed by atoms with Gasteiger partial charge in [0.2, 0.25) is 5.91 Å². The highest BCUT2D eigenvalue weighted by Gasteiger charge is 2.47. The van der Waals surface area contributed by atoms with Gasteiger partial charge in [0.05, 0.1) is 25.3 Å². The number of phenols is 1. The Morgan fingerprint density at radius 2 is 1.79 bits per heavy atom. The molecule has 1 saturated carbocycles. The summed E-state index contributed by atoms with van der Waals surface area (Å²) in [5.74, 6) is 0.151. The molecule has 0 radical (unpaired) electrons. The Morgan fingerprint density at radius 3 is 2.47 bits per heavy atom. The van der Waals surface area contributed by atoms with Crippen LogP contribution in [0.1, 0.15) is 76.0 Å². The standard InChI is InChI=1S/C33H43F3N6O5/c1-31(2,3)47-30(45)38-22-14-32(15-22)8-11-42(12-9-32)27(44)17-41-10-4-5-21(16-41)37-29-25-19-46-18-24(25)28(39-40-29)23-7-6-20(13-26(23)43)33(34,35)36/h6-7,13,21-22,43H,4-5,8-12,14-19H2,1-3H3,(H,37,40)(H,38,45)/t21-/m1/s1. The highest BCUT2D eigenvalue weighted by molar-refractivity contribution is 5.78. The summed E-state index contributed by atoms with van der Waals surface area (Å²) in [5.41, 5.74) is 0.629. The molecule has 3 N–H and O–H groups in total. The second kappa shape index (κ2) is 12.8. The number of alkyl halides is 3. The van der Waals surface area contributed by atoms with Gasteiger partial charge >= 0.3 is 12.3 Å². The fourth-order valence-electron chi connectivity index (χ4n) is 7.32. The molecule has 6 rings (SSSR count). The third-order valence-corrected chi connectivity index (χ3v) is 9.72. The first-order valence-electron chi connectivity index (χ1n) is 16.3. The zero-order chi connectivity index (χ0) is 33.6. The maximum atomic E-state index is 13.3. The van der Waals surface area contributed by atoms with E-state index >= 15 is 0 Å². The number of aromatic hydroxyl groups is 1. The molecule has 0 unspecified atom stereocenters. The van der Waals surface area contributed by atoms with Crippen molar-refractivity contribution in [3.8, 4) is 17.0 Å². The third kappa shape index (κ3) is 7.58. The van der Waals surface area contributed by atoms with E-state index in [1.165, 1.54) is 6.07 Å². The number of aromatic nitrogens is 2. The van der Waals surface area contributed by atoms with E-state index in [1.807, 2.05) is 25.7 Å². The Morgan fingerprint density at radius 1 is 1.06 bits per heavy atom. The second-order valence-electron chi connectivity index (χ2n) is 14.4. The number of amides is 2. The lowest BCUT2D eigenvalue weighted by Crippen LogP contribution is -2.57. The minimum absolute atomic E-state index is 0.0230. The molecule has 1 aromatic heterocycles. The van der Waals surface area contributed by atoms with Crippen molar-refractivity contribution in [2.75, 3.05) is 38.0 Å². The van der Waals surface area contributed by atoms with Crippen LogP contribution in [-0.2, 0) is 33.7 Å². The topological polar surface area (TPSA) is 129 Å². The van der Waals surface area contributed by atoms with Crippen LogP contribution in [-0.4, -0.2) is 87.5 Å². The summed E-state index contributed by atoms with van der Waals surface area (Å²) in [7, 11) is 0. The molecule has 256 valence electrons. The SMILES string of the molecule is CC(C)(C)OC(=O)NC1CC2(CCN(C(=O)CN3CCC[C@@H](Nc4nnc(-c5ccc(C(F)(F)F)cc5O)c5c4COC5)C3)CC2)C1. The number of alkyl carbamates (subject to hydrolysis) is 1. The van der Waals surface area contributed by atoms with E-state index in [1.54, 1.807) is 0 Å². The Kier molecular flexibility index (Phi) is 9.02. The van der Waals surface area contributed by atoms with Gasteiger partial charge in [-0.1, -0.05) is 0 Å². The molecule has 2 aromatic rings. The van der Waals surface area contributed by atoms with Gasteiger partial charge in [-0.25, -0.2) is 4.79 Å². The Balaban J connectivity index is 1.00. The number of ether oxygens (including phenoxy) is 2. The smallest absolute Gasteiger partial charge is 0.416 e. The van der Waals surface area contributed by atoms with E-state index in [9.17, 15) is 27.9 Å². The van der Waals surface area contributed by atoms with Gasteiger partial charge in [-0.15, -0.1) is 10.2 Å². The Hall–Kier alpha value is -3.65. The molecule has 2 saturated heterocycles. The van der Waals surface area contributed by atoms with Gasteiger partial charge in [-0.05, 0) is 89.5 Å². The molecule has 47 heavy (non-hydrogen) atoms. The zero-order valence-electron chi connectivity index (χ0n) is 27.1. The molecular weight excluding hydrogens is 617 g/mol. The molecule has 1 spiro atoms. The number of halogens is 3. The van der Waals surface area contributed by atoms with Crippen molar-refractivity contribution in [3.63, 3.8) is 0 Å². The van der Waals surface area contributed by atoms with E-state index < -0.39 is 23.1 Å². The van der Waals surface area contributed by atoms with Crippen LogP contribution in [0, 0.1) is 5.41 Å². The number of carbonyl (C=O) groups excluding carboxylic acids is 2. The van der Waals surface area contributed by atoms with Crippen LogP contribution in [0.5, 0.6) is 5.75 Å². The van der Waals surface area contributed by atoms with E-state index in [4.69, 9.17) is 9.47 Å². The first-order valence-corrected chi connectivity index (χ1v) is 16.3. The number of nitrogens with zero attached hydrogens (tertiary/aromatic N) is 4. The lowest BCUT2D eigenvalue weighted by atomic mass is 9.60. The predicted octanol–water partition coefficient (Wildman–Crippen LogP) is 5.07. The maximum Gasteiger partial charge on any atom is 0.416 e. The average Bonchev–Trinajstić information content (AvgIpc) is 3.47. The van der Waals surface area contributed by atoms with Crippen molar-refractivity contribution >= 4 is 17.8 Å². The molecular formula is C33H43F3N6O5.